The van der Waals surface area contributed by atoms with Crippen LogP contribution in [0.2, 0.25) is 0 Å². The Kier molecular flexibility index (Phi) is 4.55. The van der Waals surface area contributed by atoms with Crippen molar-refractivity contribution in [2.45, 2.75) is 24.0 Å². The van der Waals surface area contributed by atoms with E-state index in [0.29, 0.717) is 5.56 Å². The molecule has 1 unspecified atom stereocenters. The topological polar surface area (TPSA) is 38.1 Å². The first-order valence-corrected chi connectivity index (χ1v) is 9.94. The SMILES string of the molecule is CSc1nccn1-c1ccc(C(=O)N(C)C2CCc3ccccc32)cc1. The summed E-state index contributed by atoms with van der Waals surface area (Å²) in [5.74, 6) is 0.0639. The molecule has 0 N–H and O–H groups in total. The van der Waals surface area contributed by atoms with Crippen molar-refractivity contribution in [1.29, 1.82) is 0 Å². The fourth-order valence-electron chi connectivity index (χ4n) is 3.68. The molecule has 0 radical (unpaired) electrons. The number of fused-ring (bicyclic) bond motifs is 1. The quantitative estimate of drug-likeness (QED) is 0.647. The molecule has 1 atom stereocenters. The highest BCUT2D eigenvalue weighted by molar-refractivity contribution is 7.98. The van der Waals surface area contributed by atoms with Gasteiger partial charge in [0.2, 0.25) is 0 Å². The van der Waals surface area contributed by atoms with Gasteiger partial charge in [-0.05, 0) is 54.5 Å². The second-order valence-electron chi connectivity index (χ2n) is 6.50. The van der Waals surface area contributed by atoms with Crippen LogP contribution in [0, 0.1) is 0 Å². The van der Waals surface area contributed by atoms with Crippen molar-refractivity contribution in [2.24, 2.45) is 0 Å². The molecule has 5 heteroatoms. The summed E-state index contributed by atoms with van der Waals surface area (Å²) in [7, 11) is 1.91. The molecule has 0 fully saturated rings. The molecular weight excluding hydrogens is 342 g/mol. The van der Waals surface area contributed by atoms with E-state index < -0.39 is 0 Å². The third-order valence-electron chi connectivity index (χ3n) is 5.07. The van der Waals surface area contributed by atoms with E-state index in [2.05, 4.69) is 29.2 Å². The van der Waals surface area contributed by atoms with Crippen LogP contribution < -0.4 is 0 Å². The molecule has 3 aromatic rings. The molecule has 1 aliphatic rings. The Morgan fingerprint density at radius 1 is 1.19 bits per heavy atom. The molecule has 132 valence electrons. The van der Waals surface area contributed by atoms with Gasteiger partial charge in [-0.25, -0.2) is 4.98 Å². The number of imidazole rings is 1. The Labute approximate surface area is 157 Å². The number of carbonyl (C=O) groups is 1. The summed E-state index contributed by atoms with van der Waals surface area (Å²) in [5.41, 5.74) is 4.36. The van der Waals surface area contributed by atoms with Crippen LogP contribution >= 0.6 is 11.8 Å². The van der Waals surface area contributed by atoms with Gasteiger partial charge in [0.05, 0.1) is 6.04 Å². The molecule has 0 aliphatic heterocycles. The van der Waals surface area contributed by atoms with Gasteiger partial charge in [0, 0.05) is 30.7 Å². The number of carbonyl (C=O) groups excluding carboxylic acids is 1. The van der Waals surface area contributed by atoms with Crippen LogP contribution in [0.1, 0.15) is 33.9 Å². The predicted molar refractivity (Wildman–Crippen MR) is 105 cm³/mol. The molecule has 0 saturated heterocycles. The zero-order chi connectivity index (χ0) is 18.1. The van der Waals surface area contributed by atoms with Gasteiger partial charge in [0.1, 0.15) is 0 Å². The zero-order valence-corrected chi connectivity index (χ0v) is 15.7. The molecule has 2 aromatic carbocycles. The number of benzene rings is 2. The van der Waals surface area contributed by atoms with E-state index in [4.69, 9.17) is 0 Å². The normalized spacial score (nSPS) is 15.7. The molecule has 0 saturated carbocycles. The lowest BCUT2D eigenvalue weighted by atomic mass is 10.1. The lowest BCUT2D eigenvalue weighted by molar-refractivity contribution is 0.0730. The zero-order valence-electron chi connectivity index (χ0n) is 14.9. The standard InChI is InChI=1S/C21H21N3OS/c1-23(19-12-9-15-5-3-4-6-18(15)19)20(25)16-7-10-17(11-8-16)24-14-13-22-21(24)26-2/h3-8,10-11,13-14,19H,9,12H2,1-2H3. The predicted octanol–water partition coefficient (Wildman–Crippen LogP) is 4.35. The van der Waals surface area contributed by atoms with Gasteiger partial charge in [-0.3, -0.25) is 9.36 Å². The summed E-state index contributed by atoms with van der Waals surface area (Å²) >= 11 is 1.60. The number of thioether (sulfide) groups is 1. The molecule has 0 spiro atoms. The van der Waals surface area contributed by atoms with Crippen LogP contribution in [0.15, 0.2) is 66.1 Å². The Balaban J connectivity index is 1.55. The minimum Gasteiger partial charge on any atom is -0.335 e. The van der Waals surface area contributed by atoms with Crippen molar-refractivity contribution in [3.05, 3.63) is 77.6 Å². The van der Waals surface area contributed by atoms with Gasteiger partial charge < -0.3 is 4.90 Å². The van der Waals surface area contributed by atoms with Gasteiger partial charge in [0.15, 0.2) is 5.16 Å². The molecule has 26 heavy (non-hydrogen) atoms. The summed E-state index contributed by atoms with van der Waals surface area (Å²) in [6.45, 7) is 0. The monoisotopic (exact) mass is 363 g/mol. The second kappa shape index (κ2) is 7.00. The van der Waals surface area contributed by atoms with Crippen LogP contribution in [0.3, 0.4) is 0 Å². The van der Waals surface area contributed by atoms with Crippen molar-refractivity contribution in [3.8, 4) is 5.69 Å². The van der Waals surface area contributed by atoms with E-state index in [1.807, 2.05) is 53.2 Å². The van der Waals surface area contributed by atoms with Gasteiger partial charge in [-0.1, -0.05) is 36.0 Å². The molecule has 4 rings (SSSR count). The van der Waals surface area contributed by atoms with E-state index >= 15 is 0 Å². The Morgan fingerprint density at radius 3 is 2.73 bits per heavy atom. The molecule has 1 aliphatic carbocycles. The number of amides is 1. The molecule has 1 heterocycles. The van der Waals surface area contributed by atoms with Crippen molar-refractivity contribution >= 4 is 17.7 Å². The molecule has 4 nitrogen and oxygen atoms in total. The highest BCUT2D eigenvalue weighted by Crippen LogP contribution is 2.35. The van der Waals surface area contributed by atoms with Crippen LogP contribution in [0.4, 0.5) is 0 Å². The molecule has 0 bridgehead atoms. The Morgan fingerprint density at radius 2 is 1.96 bits per heavy atom. The van der Waals surface area contributed by atoms with E-state index in [1.54, 1.807) is 18.0 Å². The van der Waals surface area contributed by atoms with Gasteiger partial charge in [-0.2, -0.15) is 0 Å². The van der Waals surface area contributed by atoms with Crippen molar-refractivity contribution < 1.29 is 4.79 Å². The molecule has 1 aromatic heterocycles. The Hall–Kier alpha value is -2.53. The first kappa shape index (κ1) is 16.9. The third kappa shape index (κ3) is 2.92. The maximum Gasteiger partial charge on any atom is 0.254 e. The fraction of sp³-hybridized carbons (Fsp3) is 0.238. The third-order valence-corrected chi connectivity index (χ3v) is 5.74. The van der Waals surface area contributed by atoms with Crippen molar-refractivity contribution in [2.75, 3.05) is 13.3 Å². The maximum absolute atomic E-state index is 13.0. The van der Waals surface area contributed by atoms with Crippen LogP contribution in [-0.2, 0) is 6.42 Å². The van der Waals surface area contributed by atoms with Crippen molar-refractivity contribution in [3.63, 3.8) is 0 Å². The molecular formula is C21H21N3OS. The van der Waals surface area contributed by atoms with E-state index in [1.165, 1.54) is 11.1 Å². The number of nitrogens with zero attached hydrogens (tertiary/aromatic N) is 3. The summed E-state index contributed by atoms with van der Waals surface area (Å²) in [4.78, 5) is 19.2. The van der Waals surface area contributed by atoms with Gasteiger partial charge in [-0.15, -0.1) is 0 Å². The highest BCUT2D eigenvalue weighted by atomic mass is 32.2. The first-order valence-electron chi connectivity index (χ1n) is 8.72. The first-order chi connectivity index (χ1) is 12.7. The minimum atomic E-state index is 0.0639. The Bertz CT molecular complexity index is 932. The highest BCUT2D eigenvalue weighted by Gasteiger charge is 2.28. The van der Waals surface area contributed by atoms with Crippen LogP contribution in [0.5, 0.6) is 0 Å². The number of aromatic nitrogens is 2. The van der Waals surface area contributed by atoms with E-state index in [0.717, 1.165) is 23.7 Å². The fourth-order valence-corrected chi connectivity index (χ4v) is 4.21. The minimum absolute atomic E-state index is 0.0639. The molecule has 1 amide bonds. The van der Waals surface area contributed by atoms with E-state index in [9.17, 15) is 4.79 Å². The summed E-state index contributed by atoms with van der Waals surface area (Å²) < 4.78 is 2.02. The van der Waals surface area contributed by atoms with E-state index in [-0.39, 0.29) is 11.9 Å². The largest absolute Gasteiger partial charge is 0.335 e. The number of hydrogen-bond donors (Lipinski definition) is 0. The van der Waals surface area contributed by atoms with Crippen LogP contribution in [0.25, 0.3) is 5.69 Å². The average molecular weight is 363 g/mol. The number of hydrogen-bond acceptors (Lipinski definition) is 3. The number of rotatable bonds is 4. The summed E-state index contributed by atoms with van der Waals surface area (Å²) in [5, 5.41) is 0.934. The number of aryl methyl sites for hydroxylation is 1. The lowest BCUT2D eigenvalue weighted by Crippen LogP contribution is -2.30. The summed E-state index contributed by atoms with van der Waals surface area (Å²) in [6, 6.07) is 16.4. The lowest BCUT2D eigenvalue weighted by Gasteiger charge is -2.25. The van der Waals surface area contributed by atoms with Gasteiger partial charge >= 0.3 is 0 Å². The second-order valence-corrected chi connectivity index (χ2v) is 7.27. The smallest absolute Gasteiger partial charge is 0.254 e. The van der Waals surface area contributed by atoms with Crippen molar-refractivity contribution in [1.82, 2.24) is 14.5 Å². The summed E-state index contributed by atoms with van der Waals surface area (Å²) in [6.07, 6.45) is 7.76. The van der Waals surface area contributed by atoms with Gasteiger partial charge in [0.25, 0.3) is 5.91 Å². The average Bonchev–Trinajstić information content (AvgIpc) is 3.33. The maximum atomic E-state index is 13.0. The van der Waals surface area contributed by atoms with Crippen LogP contribution in [-0.4, -0.2) is 33.7 Å².